The number of rotatable bonds is 5. The third-order valence-electron chi connectivity index (χ3n) is 3.79. The number of amides is 1. The van der Waals surface area contributed by atoms with E-state index in [1.165, 1.54) is 12.1 Å². The van der Waals surface area contributed by atoms with Gasteiger partial charge >= 0.3 is 5.97 Å². The molecule has 8 heteroatoms. The topological polar surface area (TPSA) is 114 Å². The number of aromatic nitrogens is 2. The normalized spacial score (nSPS) is 10.4. The Morgan fingerprint density at radius 3 is 2.44 bits per heavy atom. The molecule has 0 fully saturated rings. The standard InChI is InChI=1S/C19H20N4O4/c1-11(2)27-19(26)14-5-7-15(8-6-14)21-17(24)10-23-18(25)16(9-20)12(3)13(4)22-23/h5-8,11H,10H2,1-4H3,(H,21,24). The Bertz CT molecular complexity index is 969. The molecule has 1 aromatic carbocycles. The smallest absolute Gasteiger partial charge is 0.338 e. The van der Waals surface area contributed by atoms with Gasteiger partial charge in [-0.25, -0.2) is 9.48 Å². The summed E-state index contributed by atoms with van der Waals surface area (Å²) >= 11 is 0. The van der Waals surface area contributed by atoms with Gasteiger partial charge in [-0.15, -0.1) is 0 Å². The monoisotopic (exact) mass is 368 g/mol. The number of carbonyl (C=O) groups excluding carboxylic acids is 2. The van der Waals surface area contributed by atoms with Gasteiger partial charge in [-0.3, -0.25) is 9.59 Å². The highest BCUT2D eigenvalue weighted by Crippen LogP contribution is 2.12. The van der Waals surface area contributed by atoms with Crippen LogP contribution in [0.2, 0.25) is 0 Å². The molecule has 1 heterocycles. The zero-order valence-electron chi connectivity index (χ0n) is 15.6. The van der Waals surface area contributed by atoms with Crippen LogP contribution in [0.25, 0.3) is 0 Å². The molecule has 8 nitrogen and oxygen atoms in total. The zero-order chi connectivity index (χ0) is 20.1. The average molecular weight is 368 g/mol. The Morgan fingerprint density at radius 2 is 1.89 bits per heavy atom. The number of ether oxygens (including phenoxy) is 1. The van der Waals surface area contributed by atoms with Gasteiger partial charge in [-0.05, 0) is 57.5 Å². The Balaban J connectivity index is 2.11. The summed E-state index contributed by atoms with van der Waals surface area (Å²) in [5.41, 5.74) is 1.20. The van der Waals surface area contributed by atoms with Crippen molar-refractivity contribution in [1.82, 2.24) is 9.78 Å². The molecule has 27 heavy (non-hydrogen) atoms. The maximum absolute atomic E-state index is 12.2. The Morgan fingerprint density at radius 1 is 1.26 bits per heavy atom. The molecular formula is C19H20N4O4. The van der Waals surface area contributed by atoms with E-state index in [0.29, 0.717) is 22.5 Å². The highest BCUT2D eigenvalue weighted by Gasteiger charge is 2.14. The van der Waals surface area contributed by atoms with Gasteiger partial charge in [-0.2, -0.15) is 10.4 Å². The van der Waals surface area contributed by atoms with Crippen LogP contribution in [0.4, 0.5) is 5.69 Å². The maximum atomic E-state index is 12.2. The van der Waals surface area contributed by atoms with Crippen molar-refractivity contribution in [2.75, 3.05) is 5.32 Å². The molecule has 2 aromatic rings. The molecule has 0 aliphatic carbocycles. The number of hydrogen-bond acceptors (Lipinski definition) is 6. The first-order chi connectivity index (χ1) is 12.7. The average Bonchev–Trinajstić information content (AvgIpc) is 2.60. The molecule has 1 N–H and O–H groups in total. The summed E-state index contributed by atoms with van der Waals surface area (Å²) in [7, 11) is 0. The fourth-order valence-electron chi connectivity index (χ4n) is 2.32. The number of nitriles is 1. The lowest BCUT2D eigenvalue weighted by Gasteiger charge is -2.10. The van der Waals surface area contributed by atoms with Crippen LogP contribution >= 0.6 is 0 Å². The Hall–Kier alpha value is -3.47. The summed E-state index contributed by atoms with van der Waals surface area (Å²) in [6.07, 6.45) is -0.223. The maximum Gasteiger partial charge on any atom is 0.338 e. The lowest BCUT2D eigenvalue weighted by molar-refractivity contribution is -0.117. The van der Waals surface area contributed by atoms with Crippen molar-refractivity contribution < 1.29 is 14.3 Å². The van der Waals surface area contributed by atoms with E-state index in [4.69, 9.17) is 10.00 Å². The van der Waals surface area contributed by atoms with Crippen molar-refractivity contribution in [3.8, 4) is 6.07 Å². The second-order valence-electron chi connectivity index (χ2n) is 6.24. The minimum absolute atomic E-state index is 0.0247. The molecule has 0 spiro atoms. The molecule has 0 atom stereocenters. The van der Waals surface area contributed by atoms with Gasteiger partial charge in [0.25, 0.3) is 5.56 Å². The van der Waals surface area contributed by atoms with Crippen LogP contribution in [0.5, 0.6) is 0 Å². The third-order valence-corrected chi connectivity index (χ3v) is 3.79. The number of carbonyl (C=O) groups is 2. The highest BCUT2D eigenvalue weighted by atomic mass is 16.5. The van der Waals surface area contributed by atoms with Gasteiger partial charge in [0.2, 0.25) is 5.91 Å². The van der Waals surface area contributed by atoms with Crippen LogP contribution in [0.3, 0.4) is 0 Å². The van der Waals surface area contributed by atoms with E-state index in [-0.39, 0.29) is 18.2 Å². The summed E-state index contributed by atoms with van der Waals surface area (Å²) < 4.78 is 6.06. The van der Waals surface area contributed by atoms with Gasteiger partial charge < -0.3 is 10.1 Å². The van der Waals surface area contributed by atoms with Crippen LogP contribution in [0.15, 0.2) is 29.1 Å². The van der Waals surface area contributed by atoms with E-state index in [0.717, 1.165) is 4.68 Å². The van der Waals surface area contributed by atoms with Crippen molar-refractivity contribution in [2.45, 2.75) is 40.3 Å². The number of hydrogen-bond donors (Lipinski definition) is 1. The van der Waals surface area contributed by atoms with Crippen LogP contribution in [-0.4, -0.2) is 27.8 Å². The molecule has 1 aromatic heterocycles. The Kier molecular flexibility index (Phi) is 6.08. The van der Waals surface area contributed by atoms with Gasteiger partial charge in [-0.1, -0.05) is 0 Å². The first-order valence-electron chi connectivity index (χ1n) is 8.32. The van der Waals surface area contributed by atoms with Gasteiger partial charge in [0.15, 0.2) is 0 Å². The number of anilines is 1. The summed E-state index contributed by atoms with van der Waals surface area (Å²) in [5, 5.41) is 15.8. The first kappa shape index (κ1) is 19.8. The van der Waals surface area contributed by atoms with Gasteiger partial charge in [0, 0.05) is 5.69 Å². The van der Waals surface area contributed by atoms with E-state index in [9.17, 15) is 14.4 Å². The second kappa shape index (κ2) is 8.27. The number of benzene rings is 1. The second-order valence-corrected chi connectivity index (χ2v) is 6.24. The SMILES string of the molecule is Cc1nn(CC(=O)Nc2ccc(C(=O)OC(C)C)cc2)c(=O)c(C#N)c1C. The van der Waals surface area contributed by atoms with Crippen molar-refractivity contribution >= 4 is 17.6 Å². The Labute approximate surface area is 156 Å². The lowest BCUT2D eigenvalue weighted by atomic mass is 10.1. The van der Waals surface area contributed by atoms with Crippen molar-refractivity contribution in [3.05, 3.63) is 57.0 Å². The molecular weight excluding hydrogens is 348 g/mol. The summed E-state index contributed by atoms with van der Waals surface area (Å²) in [6, 6.07) is 8.04. The molecule has 1 amide bonds. The summed E-state index contributed by atoms with van der Waals surface area (Å²) in [6.45, 7) is 6.49. The fraction of sp³-hybridized carbons (Fsp3) is 0.316. The predicted octanol–water partition coefficient (Wildman–Crippen LogP) is 1.94. The largest absolute Gasteiger partial charge is 0.459 e. The van der Waals surface area contributed by atoms with E-state index >= 15 is 0 Å². The number of nitrogens with one attached hydrogen (secondary N) is 1. The zero-order valence-corrected chi connectivity index (χ0v) is 15.6. The lowest BCUT2D eigenvalue weighted by Crippen LogP contribution is -2.32. The molecule has 0 aliphatic heterocycles. The van der Waals surface area contributed by atoms with Crippen molar-refractivity contribution in [2.24, 2.45) is 0 Å². The van der Waals surface area contributed by atoms with E-state index in [1.54, 1.807) is 39.8 Å². The molecule has 2 rings (SSSR count). The molecule has 0 unspecified atom stereocenters. The van der Waals surface area contributed by atoms with Crippen LogP contribution < -0.4 is 10.9 Å². The number of aryl methyl sites for hydroxylation is 1. The summed E-state index contributed by atoms with van der Waals surface area (Å²) in [4.78, 5) is 36.2. The molecule has 0 saturated carbocycles. The molecule has 0 bridgehead atoms. The molecule has 140 valence electrons. The van der Waals surface area contributed by atoms with Crippen LogP contribution in [0, 0.1) is 25.2 Å². The molecule has 0 aliphatic rings. The van der Waals surface area contributed by atoms with Gasteiger partial charge in [0.1, 0.15) is 18.2 Å². The molecule has 0 saturated heterocycles. The fourth-order valence-corrected chi connectivity index (χ4v) is 2.32. The molecule has 0 radical (unpaired) electrons. The van der Waals surface area contributed by atoms with E-state index < -0.39 is 17.4 Å². The van der Waals surface area contributed by atoms with E-state index in [1.807, 2.05) is 6.07 Å². The van der Waals surface area contributed by atoms with Crippen molar-refractivity contribution in [3.63, 3.8) is 0 Å². The first-order valence-corrected chi connectivity index (χ1v) is 8.32. The van der Waals surface area contributed by atoms with Gasteiger partial charge in [0.05, 0.1) is 17.4 Å². The summed E-state index contributed by atoms with van der Waals surface area (Å²) in [5.74, 6) is -0.924. The van der Waals surface area contributed by atoms with Crippen molar-refractivity contribution in [1.29, 1.82) is 5.26 Å². The van der Waals surface area contributed by atoms with E-state index in [2.05, 4.69) is 10.4 Å². The predicted molar refractivity (Wildman–Crippen MR) is 98.3 cm³/mol. The highest BCUT2D eigenvalue weighted by molar-refractivity contribution is 5.93. The quantitative estimate of drug-likeness (QED) is 0.807. The van der Waals surface area contributed by atoms with Crippen LogP contribution in [-0.2, 0) is 16.1 Å². The van der Waals surface area contributed by atoms with Crippen LogP contribution in [0.1, 0.15) is 41.0 Å². The minimum Gasteiger partial charge on any atom is -0.459 e. The number of esters is 1. The minimum atomic E-state index is -0.609. The third kappa shape index (κ3) is 4.79. The number of nitrogens with zero attached hydrogens (tertiary/aromatic N) is 3.